The molecule has 0 saturated heterocycles. The van der Waals surface area contributed by atoms with E-state index in [1.807, 2.05) is 30.3 Å². The summed E-state index contributed by atoms with van der Waals surface area (Å²) in [5.41, 5.74) is 7.76. The normalized spacial score (nSPS) is 16.6. The lowest BCUT2D eigenvalue weighted by Gasteiger charge is -2.10. The van der Waals surface area contributed by atoms with E-state index in [2.05, 4.69) is 0 Å². The lowest BCUT2D eigenvalue weighted by atomic mass is 10.1. The van der Waals surface area contributed by atoms with Crippen molar-refractivity contribution in [1.29, 1.82) is 0 Å². The fourth-order valence-corrected chi connectivity index (χ4v) is 2.50. The van der Waals surface area contributed by atoms with Crippen LogP contribution in [0.1, 0.15) is 17.2 Å². The molecule has 3 nitrogen and oxygen atoms in total. The summed E-state index contributed by atoms with van der Waals surface area (Å²) in [4.78, 5) is 0. The summed E-state index contributed by atoms with van der Waals surface area (Å²) >= 11 is 12.1. The van der Waals surface area contributed by atoms with Crippen molar-refractivity contribution >= 4 is 23.2 Å². The molecule has 2 N–H and O–H groups in total. The number of benzene rings is 2. The molecule has 2 aromatic rings. The van der Waals surface area contributed by atoms with Crippen molar-refractivity contribution in [3.05, 3.63) is 57.6 Å². The van der Waals surface area contributed by atoms with Crippen LogP contribution in [0.2, 0.25) is 10.0 Å². The molecule has 5 heteroatoms. The zero-order chi connectivity index (χ0) is 14.1. The highest BCUT2D eigenvalue weighted by atomic mass is 35.5. The van der Waals surface area contributed by atoms with Crippen LogP contribution in [0, 0.1) is 0 Å². The molecule has 0 aromatic heterocycles. The van der Waals surface area contributed by atoms with Crippen molar-refractivity contribution in [3.8, 4) is 11.5 Å². The quantitative estimate of drug-likeness (QED) is 0.933. The van der Waals surface area contributed by atoms with Gasteiger partial charge in [0.05, 0.1) is 16.1 Å². The van der Waals surface area contributed by atoms with Crippen LogP contribution in [0.5, 0.6) is 11.5 Å². The Labute approximate surface area is 127 Å². The van der Waals surface area contributed by atoms with Gasteiger partial charge in [0.25, 0.3) is 0 Å². The number of fused-ring (bicyclic) bond motifs is 1. The highest BCUT2D eigenvalue weighted by Crippen LogP contribution is 2.34. The Hall–Kier alpha value is -1.42. The Morgan fingerprint density at radius 3 is 2.95 bits per heavy atom. The predicted molar refractivity (Wildman–Crippen MR) is 79.7 cm³/mol. The van der Waals surface area contributed by atoms with Crippen molar-refractivity contribution in [1.82, 2.24) is 0 Å². The topological polar surface area (TPSA) is 44.5 Å². The second-order valence-corrected chi connectivity index (χ2v) is 5.40. The Kier molecular flexibility index (Phi) is 3.74. The second-order valence-electron chi connectivity index (χ2n) is 4.62. The molecule has 104 valence electrons. The van der Waals surface area contributed by atoms with Crippen LogP contribution < -0.4 is 15.2 Å². The maximum Gasteiger partial charge on any atom is 0.127 e. The van der Waals surface area contributed by atoms with Crippen molar-refractivity contribution in [2.75, 3.05) is 6.61 Å². The number of ether oxygens (including phenoxy) is 2. The summed E-state index contributed by atoms with van der Waals surface area (Å²) in [6, 6.07) is 11.1. The molecule has 1 atom stereocenters. The van der Waals surface area contributed by atoms with Crippen molar-refractivity contribution in [3.63, 3.8) is 0 Å². The molecule has 0 spiro atoms. The summed E-state index contributed by atoms with van der Waals surface area (Å²) < 4.78 is 11.2. The van der Waals surface area contributed by atoms with Gasteiger partial charge in [-0.1, -0.05) is 35.3 Å². The van der Waals surface area contributed by atoms with Gasteiger partial charge in [0.2, 0.25) is 0 Å². The number of halogens is 2. The average molecular weight is 310 g/mol. The van der Waals surface area contributed by atoms with Gasteiger partial charge >= 0.3 is 0 Å². The van der Waals surface area contributed by atoms with Crippen LogP contribution in [0.25, 0.3) is 0 Å². The van der Waals surface area contributed by atoms with E-state index in [0.29, 0.717) is 29.0 Å². The van der Waals surface area contributed by atoms with Crippen molar-refractivity contribution in [2.45, 2.75) is 12.6 Å². The number of hydrogen-bond donors (Lipinski definition) is 1. The molecule has 1 unspecified atom stereocenters. The van der Waals surface area contributed by atoms with Crippen LogP contribution in [0.4, 0.5) is 0 Å². The summed E-state index contributed by atoms with van der Waals surface area (Å²) in [6.07, 6.45) is 0. The second kappa shape index (κ2) is 5.52. The standard InChI is InChI=1S/C15H13Cl2NO2/c16-12-3-1-2-9(15(12)17)7-19-10-4-5-11-13(18)8-20-14(11)6-10/h1-6,13H,7-8,18H2. The maximum absolute atomic E-state index is 6.12. The molecule has 1 aliphatic rings. The Morgan fingerprint density at radius 1 is 1.25 bits per heavy atom. The van der Waals surface area contributed by atoms with Gasteiger partial charge in [-0.3, -0.25) is 0 Å². The molecule has 20 heavy (non-hydrogen) atoms. The first-order chi connectivity index (χ1) is 9.65. The summed E-state index contributed by atoms with van der Waals surface area (Å²) in [5, 5.41) is 1.05. The van der Waals surface area contributed by atoms with E-state index in [1.54, 1.807) is 6.07 Å². The minimum absolute atomic E-state index is 0.0542. The van der Waals surface area contributed by atoms with Crippen LogP contribution >= 0.6 is 23.2 Å². The van der Waals surface area contributed by atoms with Gasteiger partial charge in [-0.15, -0.1) is 0 Å². The van der Waals surface area contributed by atoms with Crippen LogP contribution in [-0.2, 0) is 6.61 Å². The van der Waals surface area contributed by atoms with E-state index in [9.17, 15) is 0 Å². The molecule has 0 bridgehead atoms. The van der Waals surface area contributed by atoms with Gasteiger partial charge in [0.15, 0.2) is 0 Å². The third kappa shape index (κ3) is 2.57. The average Bonchev–Trinajstić information content (AvgIpc) is 2.82. The fraction of sp³-hybridized carbons (Fsp3) is 0.200. The van der Waals surface area contributed by atoms with Gasteiger partial charge in [-0.05, 0) is 18.2 Å². The van der Waals surface area contributed by atoms with E-state index in [0.717, 1.165) is 16.9 Å². The fourth-order valence-electron chi connectivity index (χ4n) is 2.13. The molecule has 0 amide bonds. The first-order valence-electron chi connectivity index (χ1n) is 6.23. The third-order valence-corrected chi connectivity index (χ3v) is 4.09. The highest BCUT2D eigenvalue weighted by molar-refractivity contribution is 6.42. The van der Waals surface area contributed by atoms with Crippen molar-refractivity contribution < 1.29 is 9.47 Å². The molecule has 2 aromatic carbocycles. The maximum atomic E-state index is 6.12. The van der Waals surface area contributed by atoms with Crippen molar-refractivity contribution in [2.24, 2.45) is 5.73 Å². The lowest BCUT2D eigenvalue weighted by Crippen LogP contribution is -2.10. The SMILES string of the molecule is NC1COc2cc(OCc3cccc(Cl)c3Cl)ccc21. The van der Waals surface area contributed by atoms with E-state index in [4.69, 9.17) is 38.4 Å². The minimum atomic E-state index is -0.0542. The van der Waals surface area contributed by atoms with E-state index in [1.165, 1.54) is 0 Å². The van der Waals surface area contributed by atoms with Gasteiger partial charge < -0.3 is 15.2 Å². The third-order valence-electron chi connectivity index (χ3n) is 3.23. The summed E-state index contributed by atoms with van der Waals surface area (Å²) in [7, 11) is 0. The number of nitrogens with two attached hydrogens (primary N) is 1. The number of hydrogen-bond acceptors (Lipinski definition) is 3. The predicted octanol–water partition coefficient (Wildman–Crippen LogP) is 3.96. The van der Waals surface area contributed by atoms with Gasteiger partial charge in [0.1, 0.15) is 24.7 Å². The largest absolute Gasteiger partial charge is 0.491 e. The van der Waals surface area contributed by atoms with Crippen LogP contribution in [-0.4, -0.2) is 6.61 Å². The molecule has 0 fully saturated rings. The smallest absolute Gasteiger partial charge is 0.127 e. The monoisotopic (exact) mass is 309 g/mol. The van der Waals surface area contributed by atoms with E-state index in [-0.39, 0.29) is 6.04 Å². The molecule has 1 aliphatic heterocycles. The van der Waals surface area contributed by atoms with Crippen LogP contribution in [0.3, 0.4) is 0 Å². The van der Waals surface area contributed by atoms with Crippen LogP contribution in [0.15, 0.2) is 36.4 Å². The number of rotatable bonds is 3. The molecule has 0 saturated carbocycles. The molecule has 0 radical (unpaired) electrons. The zero-order valence-corrected chi connectivity index (χ0v) is 12.1. The summed E-state index contributed by atoms with van der Waals surface area (Å²) in [5.74, 6) is 1.50. The first kappa shape index (κ1) is 13.6. The van der Waals surface area contributed by atoms with E-state index < -0.39 is 0 Å². The van der Waals surface area contributed by atoms with Gasteiger partial charge in [-0.25, -0.2) is 0 Å². The zero-order valence-electron chi connectivity index (χ0n) is 10.6. The Bertz CT molecular complexity index is 646. The van der Waals surface area contributed by atoms with E-state index >= 15 is 0 Å². The molecule has 0 aliphatic carbocycles. The Balaban J connectivity index is 1.74. The van der Waals surface area contributed by atoms with Gasteiger partial charge in [0, 0.05) is 17.2 Å². The molecular formula is C15H13Cl2NO2. The highest BCUT2D eigenvalue weighted by Gasteiger charge is 2.20. The Morgan fingerprint density at radius 2 is 2.10 bits per heavy atom. The summed E-state index contributed by atoms with van der Waals surface area (Å²) in [6.45, 7) is 0.864. The van der Waals surface area contributed by atoms with Gasteiger partial charge in [-0.2, -0.15) is 0 Å². The lowest BCUT2D eigenvalue weighted by molar-refractivity contribution is 0.301. The molecular weight excluding hydrogens is 297 g/mol. The minimum Gasteiger partial charge on any atom is -0.491 e. The molecule has 3 rings (SSSR count). The molecule has 1 heterocycles. The first-order valence-corrected chi connectivity index (χ1v) is 6.99.